The van der Waals surface area contributed by atoms with Crippen LogP contribution in [0.3, 0.4) is 0 Å². The summed E-state index contributed by atoms with van der Waals surface area (Å²) in [5, 5.41) is 5.78. The number of hydrogen-bond acceptors (Lipinski definition) is 6. The second-order valence-corrected chi connectivity index (χ2v) is 10.7. The van der Waals surface area contributed by atoms with Gasteiger partial charge in [0, 0.05) is 50.7 Å². The van der Waals surface area contributed by atoms with Crippen LogP contribution in [0.5, 0.6) is 0 Å². The van der Waals surface area contributed by atoms with Crippen LogP contribution < -0.4 is 10.7 Å². The van der Waals surface area contributed by atoms with Gasteiger partial charge in [0.1, 0.15) is 0 Å². The molecular formula is C23H39N5O3. The number of carbonyl (C=O) groups excluding carboxylic acids is 2. The van der Waals surface area contributed by atoms with E-state index in [0.29, 0.717) is 30.3 Å². The number of piperazine rings is 1. The van der Waals surface area contributed by atoms with Crippen molar-refractivity contribution >= 4 is 12.0 Å². The van der Waals surface area contributed by atoms with Gasteiger partial charge in [-0.1, -0.05) is 0 Å². The lowest BCUT2D eigenvalue weighted by Crippen LogP contribution is -2.67. The fourth-order valence-electron chi connectivity index (χ4n) is 6.19. The number of nitrogens with one attached hydrogen (secondary N) is 2. The van der Waals surface area contributed by atoms with Gasteiger partial charge in [-0.3, -0.25) is 10.2 Å². The first kappa shape index (κ1) is 21.5. The molecule has 0 aromatic heterocycles. The maximum atomic E-state index is 13.1. The Kier molecular flexibility index (Phi) is 5.90. The molecule has 5 atom stereocenters. The summed E-state index contributed by atoms with van der Waals surface area (Å²) in [6.45, 7) is 10.7. The summed E-state index contributed by atoms with van der Waals surface area (Å²) in [5.74, 6) is 1.73. The third kappa shape index (κ3) is 4.18. The summed E-state index contributed by atoms with van der Waals surface area (Å²) >= 11 is 0. The largest absolute Gasteiger partial charge is 0.447 e. The smallest absolute Gasteiger partial charge is 0.410 e. The predicted molar refractivity (Wildman–Crippen MR) is 117 cm³/mol. The second-order valence-electron chi connectivity index (χ2n) is 10.7. The topological polar surface area (TPSA) is 77.2 Å². The standard InChI is InChI=1S/C23H39N5O3/c1-14(2)31-23(30)26-12-15(3)28(22(29)16-4-5-16)20-7-6-17(8-21(20)26)18-9-25-27(13-18)19-10-24-11-19/h14-21,24-25H,4-13H2,1-3H3/t15-,17?,18?,20?,21?/m0/s1. The van der Waals surface area contributed by atoms with Crippen LogP contribution in [0.2, 0.25) is 0 Å². The Hall–Kier alpha value is -1.38. The van der Waals surface area contributed by atoms with Crippen molar-refractivity contribution in [3.05, 3.63) is 0 Å². The van der Waals surface area contributed by atoms with Crippen molar-refractivity contribution < 1.29 is 14.3 Å². The fraction of sp³-hybridized carbons (Fsp3) is 0.913. The Bertz CT molecular complexity index is 695. The van der Waals surface area contributed by atoms with Gasteiger partial charge < -0.3 is 19.9 Å². The normalized spacial score (nSPS) is 37.0. The molecule has 0 radical (unpaired) electrons. The average Bonchev–Trinajstić information content (AvgIpc) is 3.43. The summed E-state index contributed by atoms with van der Waals surface area (Å²) in [7, 11) is 0. The second kappa shape index (κ2) is 8.52. The van der Waals surface area contributed by atoms with E-state index < -0.39 is 0 Å². The molecular weight excluding hydrogens is 394 g/mol. The molecule has 0 spiro atoms. The fourth-order valence-corrected chi connectivity index (χ4v) is 6.19. The van der Waals surface area contributed by atoms with E-state index in [0.717, 1.165) is 58.3 Å². The van der Waals surface area contributed by atoms with Gasteiger partial charge in [0.25, 0.3) is 0 Å². The zero-order valence-electron chi connectivity index (χ0n) is 19.3. The highest BCUT2D eigenvalue weighted by atomic mass is 16.6. The number of fused-ring (bicyclic) bond motifs is 1. The number of hydrazine groups is 1. The molecule has 3 heterocycles. The monoisotopic (exact) mass is 433 g/mol. The molecule has 0 aromatic carbocycles. The van der Waals surface area contributed by atoms with Gasteiger partial charge in [0.05, 0.1) is 18.2 Å². The van der Waals surface area contributed by atoms with Crippen LogP contribution in [-0.2, 0) is 9.53 Å². The molecule has 3 saturated heterocycles. The van der Waals surface area contributed by atoms with E-state index >= 15 is 0 Å². The van der Waals surface area contributed by atoms with Crippen molar-refractivity contribution in [2.75, 3.05) is 32.7 Å². The van der Waals surface area contributed by atoms with Crippen LogP contribution >= 0.6 is 0 Å². The lowest BCUT2D eigenvalue weighted by molar-refractivity contribution is -0.146. The molecule has 5 aliphatic rings. The van der Waals surface area contributed by atoms with E-state index in [4.69, 9.17) is 4.74 Å². The zero-order chi connectivity index (χ0) is 21.7. The number of hydrogen-bond donors (Lipinski definition) is 2. The van der Waals surface area contributed by atoms with Gasteiger partial charge in [-0.2, -0.15) is 0 Å². The van der Waals surface area contributed by atoms with Crippen molar-refractivity contribution in [3.8, 4) is 0 Å². The van der Waals surface area contributed by atoms with E-state index in [-0.39, 0.29) is 36.2 Å². The van der Waals surface area contributed by atoms with Crippen molar-refractivity contribution in [3.63, 3.8) is 0 Å². The minimum atomic E-state index is -0.206. The Morgan fingerprint density at radius 2 is 1.74 bits per heavy atom. The molecule has 31 heavy (non-hydrogen) atoms. The van der Waals surface area contributed by atoms with Crippen molar-refractivity contribution in [1.82, 2.24) is 25.6 Å². The predicted octanol–water partition coefficient (Wildman–Crippen LogP) is 1.42. The van der Waals surface area contributed by atoms with Crippen LogP contribution in [0.1, 0.15) is 52.9 Å². The van der Waals surface area contributed by atoms with Gasteiger partial charge in [0.15, 0.2) is 0 Å². The van der Waals surface area contributed by atoms with Crippen LogP contribution in [0.4, 0.5) is 4.79 Å². The molecule has 8 nitrogen and oxygen atoms in total. The maximum absolute atomic E-state index is 13.1. The van der Waals surface area contributed by atoms with E-state index in [2.05, 4.69) is 27.6 Å². The van der Waals surface area contributed by atoms with Gasteiger partial charge in [-0.05, 0) is 64.7 Å². The number of amides is 2. The summed E-state index contributed by atoms with van der Waals surface area (Å²) in [6, 6.07) is 0.874. The lowest BCUT2D eigenvalue weighted by Gasteiger charge is -2.54. The van der Waals surface area contributed by atoms with E-state index in [1.54, 1.807) is 0 Å². The van der Waals surface area contributed by atoms with Crippen LogP contribution in [0.25, 0.3) is 0 Å². The van der Waals surface area contributed by atoms with Gasteiger partial charge in [0.2, 0.25) is 5.91 Å². The highest BCUT2D eigenvalue weighted by molar-refractivity contribution is 5.82. The molecule has 0 bridgehead atoms. The molecule has 2 aliphatic carbocycles. The Morgan fingerprint density at radius 3 is 2.39 bits per heavy atom. The maximum Gasteiger partial charge on any atom is 0.410 e. The molecule has 3 aliphatic heterocycles. The summed E-state index contributed by atoms with van der Waals surface area (Å²) in [5.41, 5.74) is 3.62. The molecule has 2 amide bonds. The van der Waals surface area contributed by atoms with Crippen LogP contribution in [0, 0.1) is 17.8 Å². The minimum Gasteiger partial charge on any atom is -0.447 e. The summed E-state index contributed by atoms with van der Waals surface area (Å²) in [6.07, 6.45) is 4.82. The molecule has 174 valence electrons. The highest BCUT2D eigenvalue weighted by Gasteiger charge is 2.51. The number of rotatable bonds is 4. The van der Waals surface area contributed by atoms with Gasteiger partial charge in [-0.25, -0.2) is 9.80 Å². The third-order valence-electron chi connectivity index (χ3n) is 8.12. The van der Waals surface area contributed by atoms with Gasteiger partial charge in [-0.15, -0.1) is 0 Å². The molecule has 2 N–H and O–H groups in total. The van der Waals surface area contributed by atoms with E-state index in [9.17, 15) is 9.59 Å². The molecule has 5 fully saturated rings. The Morgan fingerprint density at radius 1 is 0.968 bits per heavy atom. The summed E-state index contributed by atoms with van der Waals surface area (Å²) < 4.78 is 5.63. The first-order valence-corrected chi connectivity index (χ1v) is 12.4. The SMILES string of the molecule is CC(C)OC(=O)N1C[C@H](C)N(C(=O)C2CC2)C2CCC(C3CNN(C4CNC4)C3)CC21. The van der Waals surface area contributed by atoms with E-state index in [1.807, 2.05) is 18.7 Å². The first-order chi connectivity index (χ1) is 14.9. The molecule has 2 saturated carbocycles. The molecule has 4 unspecified atom stereocenters. The highest BCUT2D eigenvalue weighted by Crippen LogP contribution is 2.42. The van der Waals surface area contributed by atoms with Crippen LogP contribution in [-0.4, -0.2) is 89.8 Å². The summed E-state index contributed by atoms with van der Waals surface area (Å²) in [4.78, 5) is 30.3. The van der Waals surface area contributed by atoms with Crippen LogP contribution in [0.15, 0.2) is 0 Å². The first-order valence-electron chi connectivity index (χ1n) is 12.4. The van der Waals surface area contributed by atoms with Crippen molar-refractivity contribution in [2.24, 2.45) is 17.8 Å². The van der Waals surface area contributed by atoms with Crippen molar-refractivity contribution in [2.45, 2.75) is 83.1 Å². The van der Waals surface area contributed by atoms with E-state index in [1.165, 1.54) is 0 Å². The number of nitrogens with zero attached hydrogens (tertiary/aromatic N) is 3. The number of carbonyl (C=O) groups is 2. The quantitative estimate of drug-likeness (QED) is 0.698. The number of ether oxygens (including phenoxy) is 1. The molecule has 5 rings (SSSR count). The zero-order valence-corrected chi connectivity index (χ0v) is 19.3. The van der Waals surface area contributed by atoms with Crippen molar-refractivity contribution in [1.29, 1.82) is 0 Å². The Balaban J connectivity index is 1.32. The lowest BCUT2D eigenvalue weighted by atomic mass is 9.73. The third-order valence-corrected chi connectivity index (χ3v) is 8.12. The average molecular weight is 434 g/mol. The molecule has 0 aromatic rings. The van der Waals surface area contributed by atoms with Gasteiger partial charge >= 0.3 is 6.09 Å². The Labute approximate surface area is 186 Å². The minimum absolute atomic E-state index is 0.0559. The molecule has 8 heteroatoms.